The number of hydrogen-bond donors (Lipinski definition) is 0. The first-order valence-electron chi connectivity index (χ1n) is 10.3. The molecule has 2 amide bonds. The Hall–Kier alpha value is -1.91. The fourth-order valence-corrected chi connectivity index (χ4v) is 5.44. The van der Waals surface area contributed by atoms with Crippen LogP contribution in [0.25, 0.3) is 6.08 Å². The standard InChI is InChI=1S/C25H17Cl3INO4S/c1-2-33-21-10-15(9-20(29)23(21)34-13-14-6-7-18(27)19(28)8-14)11-22-24(31)30(25(32)35-22)17-5-3-4-16(26)12-17/h3-12H,2,13H2,1H3/b22-11+. The number of ether oxygens (including phenoxy) is 2. The Morgan fingerprint density at radius 1 is 1.00 bits per heavy atom. The van der Waals surface area contributed by atoms with Crippen LogP contribution in [-0.2, 0) is 11.4 Å². The van der Waals surface area contributed by atoms with Crippen molar-refractivity contribution in [1.29, 1.82) is 0 Å². The van der Waals surface area contributed by atoms with E-state index in [1.165, 1.54) is 0 Å². The number of rotatable bonds is 7. The van der Waals surface area contributed by atoms with E-state index in [1.807, 2.05) is 19.1 Å². The highest BCUT2D eigenvalue weighted by atomic mass is 127. The number of carbonyl (C=O) groups is 2. The van der Waals surface area contributed by atoms with Crippen molar-refractivity contribution in [3.8, 4) is 11.5 Å². The van der Waals surface area contributed by atoms with Crippen molar-refractivity contribution in [1.82, 2.24) is 0 Å². The number of amides is 2. The summed E-state index contributed by atoms with van der Waals surface area (Å²) in [7, 11) is 0. The van der Waals surface area contributed by atoms with Gasteiger partial charge in [0.25, 0.3) is 11.1 Å². The van der Waals surface area contributed by atoms with E-state index in [1.54, 1.807) is 48.5 Å². The molecule has 10 heteroatoms. The predicted octanol–water partition coefficient (Wildman–Crippen LogP) is 8.47. The summed E-state index contributed by atoms with van der Waals surface area (Å²) in [6, 6.07) is 15.6. The van der Waals surface area contributed by atoms with Gasteiger partial charge >= 0.3 is 0 Å². The fraction of sp³-hybridized carbons (Fsp3) is 0.120. The van der Waals surface area contributed by atoms with Crippen molar-refractivity contribution >= 4 is 92.1 Å². The van der Waals surface area contributed by atoms with Crippen molar-refractivity contribution in [3.63, 3.8) is 0 Å². The molecule has 0 N–H and O–H groups in total. The van der Waals surface area contributed by atoms with Crippen LogP contribution in [-0.4, -0.2) is 17.8 Å². The normalized spacial score (nSPS) is 14.7. The van der Waals surface area contributed by atoms with Gasteiger partial charge in [0.05, 0.1) is 30.8 Å². The van der Waals surface area contributed by atoms with Crippen LogP contribution in [0.15, 0.2) is 59.5 Å². The van der Waals surface area contributed by atoms with Crippen molar-refractivity contribution in [2.45, 2.75) is 13.5 Å². The maximum absolute atomic E-state index is 13.0. The Morgan fingerprint density at radius 2 is 1.80 bits per heavy atom. The third kappa shape index (κ3) is 6.09. The van der Waals surface area contributed by atoms with Crippen LogP contribution in [0.2, 0.25) is 15.1 Å². The summed E-state index contributed by atoms with van der Waals surface area (Å²) in [6.45, 7) is 2.57. The molecule has 3 aromatic rings. The van der Waals surface area contributed by atoms with Crippen LogP contribution < -0.4 is 14.4 Å². The maximum Gasteiger partial charge on any atom is 0.298 e. The van der Waals surface area contributed by atoms with Gasteiger partial charge in [0.2, 0.25) is 0 Å². The molecular weight excluding hydrogens is 644 g/mol. The zero-order chi connectivity index (χ0) is 25.1. The summed E-state index contributed by atoms with van der Waals surface area (Å²) >= 11 is 21.2. The molecule has 0 unspecified atom stereocenters. The second kappa shape index (κ2) is 11.4. The van der Waals surface area contributed by atoms with Crippen molar-refractivity contribution in [2.24, 2.45) is 0 Å². The van der Waals surface area contributed by atoms with Crippen LogP contribution in [0.1, 0.15) is 18.1 Å². The third-order valence-electron chi connectivity index (χ3n) is 4.86. The quantitative estimate of drug-likeness (QED) is 0.188. The SMILES string of the molecule is CCOc1cc(/C=C2/SC(=O)N(c3cccc(Cl)c3)C2=O)cc(I)c1OCc1ccc(Cl)c(Cl)c1. The van der Waals surface area contributed by atoms with Gasteiger partial charge < -0.3 is 9.47 Å². The molecule has 4 rings (SSSR count). The van der Waals surface area contributed by atoms with Gasteiger partial charge in [-0.25, -0.2) is 4.90 Å². The molecule has 0 saturated carbocycles. The average Bonchev–Trinajstić information content (AvgIpc) is 3.08. The number of anilines is 1. The minimum atomic E-state index is -0.407. The molecule has 0 atom stereocenters. The number of halogens is 4. The highest BCUT2D eigenvalue weighted by Crippen LogP contribution is 2.39. The molecule has 35 heavy (non-hydrogen) atoms. The molecule has 1 heterocycles. The molecule has 0 spiro atoms. The third-order valence-corrected chi connectivity index (χ3v) is 7.50. The number of imide groups is 1. The van der Waals surface area contributed by atoms with Crippen LogP contribution in [0, 0.1) is 3.57 Å². The largest absolute Gasteiger partial charge is 0.490 e. The van der Waals surface area contributed by atoms with Crippen molar-refractivity contribution < 1.29 is 19.1 Å². The first-order valence-corrected chi connectivity index (χ1v) is 13.4. The molecule has 5 nitrogen and oxygen atoms in total. The Labute approximate surface area is 235 Å². The zero-order valence-corrected chi connectivity index (χ0v) is 23.4. The Kier molecular flexibility index (Phi) is 8.54. The van der Waals surface area contributed by atoms with E-state index >= 15 is 0 Å². The minimum absolute atomic E-state index is 0.269. The Morgan fingerprint density at radius 3 is 2.51 bits per heavy atom. The van der Waals surface area contributed by atoms with E-state index in [4.69, 9.17) is 44.3 Å². The van der Waals surface area contributed by atoms with Crippen molar-refractivity contribution in [2.75, 3.05) is 11.5 Å². The summed E-state index contributed by atoms with van der Waals surface area (Å²) in [6.07, 6.45) is 1.67. The van der Waals surface area contributed by atoms with Crippen LogP contribution in [0.5, 0.6) is 11.5 Å². The topological polar surface area (TPSA) is 55.8 Å². The number of nitrogens with zero attached hydrogens (tertiary/aromatic N) is 1. The Bertz CT molecular complexity index is 1350. The molecular formula is C25H17Cl3INO4S. The molecule has 0 bridgehead atoms. The number of benzene rings is 3. The molecule has 0 radical (unpaired) electrons. The van der Waals surface area contributed by atoms with E-state index in [-0.39, 0.29) is 11.8 Å². The van der Waals surface area contributed by atoms with Gasteiger partial charge in [-0.3, -0.25) is 9.59 Å². The molecule has 0 aromatic heterocycles. The van der Waals surface area contributed by atoms with E-state index in [2.05, 4.69) is 22.6 Å². The molecule has 0 aliphatic carbocycles. The van der Waals surface area contributed by atoms with E-state index in [0.29, 0.717) is 49.3 Å². The summed E-state index contributed by atoms with van der Waals surface area (Å²) in [5.41, 5.74) is 1.99. The fourth-order valence-electron chi connectivity index (χ4n) is 3.32. The highest BCUT2D eigenvalue weighted by molar-refractivity contribution is 14.1. The minimum Gasteiger partial charge on any atom is -0.490 e. The monoisotopic (exact) mass is 659 g/mol. The zero-order valence-electron chi connectivity index (χ0n) is 18.2. The lowest BCUT2D eigenvalue weighted by atomic mass is 10.1. The van der Waals surface area contributed by atoms with Gasteiger partial charge in [-0.2, -0.15) is 0 Å². The summed E-state index contributed by atoms with van der Waals surface area (Å²) in [4.78, 5) is 27.0. The number of thioether (sulfide) groups is 1. The lowest BCUT2D eigenvalue weighted by Crippen LogP contribution is -2.27. The van der Waals surface area contributed by atoms with Crippen LogP contribution in [0.3, 0.4) is 0 Å². The van der Waals surface area contributed by atoms with Gasteiger partial charge in [-0.15, -0.1) is 0 Å². The lowest BCUT2D eigenvalue weighted by molar-refractivity contribution is -0.113. The average molecular weight is 661 g/mol. The first-order chi connectivity index (χ1) is 16.8. The number of carbonyl (C=O) groups excluding carboxylic acids is 2. The van der Waals surface area contributed by atoms with Crippen molar-refractivity contribution in [3.05, 3.63) is 89.3 Å². The number of hydrogen-bond acceptors (Lipinski definition) is 5. The predicted molar refractivity (Wildman–Crippen MR) is 151 cm³/mol. The maximum atomic E-state index is 13.0. The molecule has 3 aromatic carbocycles. The van der Waals surface area contributed by atoms with Crippen LogP contribution >= 0.6 is 69.2 Å². The molecule has 180 valence electrons. The van der Waals surface area contributed by atoms with E-state index in [9.17, 15) is 9.59 Å². The van der Waals surface area contributed by atoms with Gasteiger partial charge in [-0.05, 0) is 101 Å². The molecule has 1 aliphatic heterocycles. The molecule has 1 fully saturated rings. The summed E-state index contributed by atoms with van der Waals surface area (Å²) in [5.74, 6) is 0.692. The van der Waals surface area contributed by atoms with E-state index in [0.717, 1.165) is 25.8 Å². The van der Waals surface area contributed by atoms with Crippen LogP contribution in [0.4, 0.5) is 10.5 Å². The highest BCUT2D eigenvalue weighted by Gasteiger charge is 2.36. The molecule has 1 saturated heterocycles. The lowest BCUT2D eigenvalue weighted by Gasteiger charge is -2.15. The Balaban J connectivity index is 1.60. The first kappa shape index (κ1) is 26.2. The van der Waals surface area contributed by atoms with Gasteiger partial charge in [-0.1, -0.05) is 46.9 Å². The molecule has 1 aliphatic rings. The second-order valence-electron chi connectivity index (χ2n) is 7.30. The second-order valence-corrected chi connectivity index (χ2v) is 10.7. The smallest absolute Gasteiger partial charge is 0.298 e. The van der Waals surface area contributed by atoms with Gasteiger partial charge in [0, 0.05) is 5.02 Å². The summed E-state index contributed by atoms with van der Waals surface area (Å²) in [5, 5.41) is 0.987. The van der Waals surface area contributed by atoms with Gasteiger partial charge in [0.1, 0.15) is 6.61 Å². The van der Waals surface area contributed by atoms with E-state index < -0.39 is 5.91 Å². The summed E-state index contributed by atoms with van der Waals surface area (Å²) < 4.78 is 12.7. The van der Waals surface area contributed by atoms with Gasteiger partial charge in [0.15, 0.2) is 11.5 Å².